The Morgan fingerprint density at radius 3 is 2.67 bits per heavy atom. The molecule has 6 atom stereocenters. The second kappa shape index (κ2) is 14.0. The average molecular weight is 629 g/mol. The Morgan fingerprint density at radius 2 is 1.97 bits per heavy atom. The van der Waals surface area contributed by atoms with E-state index in [1.165, 1.54) is 0 Å². The molecule has 4 saturated heterocycles. The lowest BCUT2D eigenvalue weighted by Crippen LogP contribution is -2.56. The number of aliphatic hydroxyl groups is 1. The monoisotopic (exact) mass is 627 g/mol. The number of alkyl halides is 1. The normalized spacial score (nSPS) is 31.8. The minimum atomic E-state index is -0.715. The predicted octanol–water partition coefficient (Wildman–Crippen LogP) is 2.08. The number of nitrogens with zero attached hydrogens (tertiary/aromatic N) is 3. The van der Waals surface area contributed by atoms with Crippen molar-refractivity contribution in [3.63, 3.8) is 0 Å². The first-order chi connectivity index (χ1) is 18.9. The van der Waals surface area contributed by atoms with Crippen molar-refractivity contribution in [3.05, 3.63) is 25.3 Å². The van der Waals surface area contributed by atoms with Crippen LogP contribution in [-0.4, -0.2) is 124 Å². The van der Waals surface area contributed by atoms with Crippen LogP contribution in [-0.2, 0) is 23.9 Å². The number of unbranched alkanes of at least 4 members (excludes halogenated alkanes) is 2. The van der Waals surface area contributed by atoms with Crippen molar-refractivity contribution in [1.29, 1.82) is 0 Å². The number of aliphatic hydroxyl groups excluding tert-OH is 1. The Morgan fingerprint density at radius 1 is 1.21 bits per heavy atom. The number of amides is 2. The lowest BCUT2D eigenvalue weighted by atomic mass is 9.71. The molecule has 2 bridgehead atoms. The number of halogens is 1. The molecule has 0 saturated carbocycles. The number of carbonyl (C=O) groups is 3. The standard InChI is InChI=1S/C28H42BrN3O6S/c1-3-5-6-7-16-38-27(36)21-22-25(34)32(10-8-15-33)24(28(22)19-20(29)23(21)39-28)26(35)31(9-4-2)12-11-30-13-17-37-18-14-30/h3-4,20-24,33H,1-2,5-19H2/t20?,21-,22-,23-,24?,28?/m0/s1. The van der Waals surface area contributed by atoms with E-state index >= 15 is 0 Å². The summed E-state index contributed by atoms with van der Waals surface area (Å²) in [5.74, 6) is -1.84. The van der Waals surface area contributed by atoms with Crippen molar-refractivity contribution in [1.82, 2.24) is 14.7 Å². The van der Waals surface area contributed by atoms with E-state index in [0.29, 0.717) is 52.3 Å². The second-order valence-electron chi connectivity index (χ2n) is 10.8. The van der Waals surface area contributed by atoms with Crippen molar-refractivity contribution in [2.45, 2.75) is 53.0 Å². The van der Waals surface area contributed by atoms with Crippen LogP contribution in [0.15, 0.2) is 25.3 Å². The van der Waals surface area contributed by atoms with E-state index in [9.17, 15) is 19.5 Å². The summed E-state index contributed by atoms with van der Waals surface area (Å²) in [5, 5.41) is 9.45. The molecule has 4 heterocycles. The lowest BCUT2D eigenvalue weighted by Gasteiger charge is -2.38. The highest BCUT2D eigenvalue weighted by Gasteiger charge is 2.76. The van der Waals surface area contributed by atoms with Crippen molar-refractivity contribution < 1.29 is 29.0 Å². The van der Waals surface area contributed by atoms with Gasteiger partial charge in [0.1, 0.15) is 6.04 Å². The van der Waals surface area contributed by atoms with Gasteiger partial charge in [-0.25, -0.2) is 0 Å². The number of fused-ring (bicyclic) bond motifs is 1. The topological polar surface area (TPSA) is 99.6 Å². The van der Waals surface area contributed by atoms with Crippen LogP contribution >= 0.6 is 27.7 Å². The van der Waals surface area contributed by atoms with Gasteiger partial charge < -0.3 is 24.4 Å². The molecule has 9 nitrogen and oxygen atoms in total. The molecule has 1 spiro atoms. The van der Waals surface area contributed by atoms with E-state index in [-0.39, 0.29) is 41.0 Å². The zero-order chi connectivity index (χ0) is 28.0. The van der Waals surface area contributed by atoms with Crippen LogP contribution in [0.1, 0.15) is 32.1 Å². The lowest BCUT2D eigenvalue weighted by molar-refractivity contribution is -0.154. The molecule has 4 fully saturated rings. The third kappa shape index (κ3) is 6.27. The number of morpholine rings is 1. The summed E-state index contributed by atoms with van der Waals surface area (Å²) >= 11 is 5.40. The minimum Gasteiger partial charge on any atom is -0.465 e. The highest BCUT2D eigenvalue weighted by atomic mass is 79.9. The molecule has 3 unspecified atom stereocenters. The maximum absolute atomic E-state index is 14.3. The van der Waals surface area contributed by atoms with Crippen LogP contribution < -0.4 is 0 Å². The summed E-state index contributed by atoms with van der Waals surface area (Å²) in [5.41, 5.74) is 0. The maximum atomic E-state index is 14.3. The summed E-state index contributed by atoms with van der Waals surface area (Å²) in [4.78, 5) is 47.5. The van der Waals surface area contributed by atoms with Gasteiger partial charge in [-0.05, 0) is 32.1 Å². The first-order valence-electron chi connectivity index (χ1n) is 14.1. The van der Waals surface area contributed by atoms with Crippen molar-refractivity contribution in [3.8, 4) is 0 Å². The van der Waals surface area contributed by atoms with Crippen molar-refractivity contribution >= 4 is 45.5 Å². The summed E-state index contributed by atoms with van der Waals surface area (Å²) < 4.78 is 10.4. The number of likely N-dealkylation sites (tertiary alicyclic amines) is 1. The molecule has 0 radical (unpaired) electrons. The fourth-order valence-corrected chi connectivity index (χ4v) is 10.1. The molecule has 4 rings (SSSR count). The van der Waals surface area contributed by atoms with E-state index in [1.54, 1.807) is 27.6 Å². The number of esters is 1. The van der Waals surface area contributed by atoms with Crippen molar-refractivity contribution in [2.75, 3.05) is 65.7 Å². The van der Waals surface area contributed by atoms with Gasteiger partial charge in [0.15, 0.2) is 0 Å². The first kappa shape index (κ1) is 30.6. The summed E-state index contributed by atoms with van der Waals surface area (Å²) in [6, 6.07) is -0.702. The fraction of sp³-hybridized carbons (Fsp3) is 0.750. The number of thioether (sulfide) groups is 1. The molecule has 39 heavy (non-hydrogen) atoms. The summed E-state index contributed by atoms with van der Waals surface area (Å²) in [6.07, 6.45) is 7.07. The van der Waals surface area contributed by atoms with Gasteiger partial charge in [0.05, 0.1) is 36.4 Å². The van der Waals surface area contributed by atoms with Crippen LogP contribution in [0.4, 0.5) is 0 Å². The van der Waals surface area contributed by atoms with E-state index in [1.807, 2.05) is 6.08 Å². The Kier molecular flexibility index (Phi) is 11.0. The fourth-order valence-electron chi connectivity index (χ4n) is 6.53. The Balaban J connectivity index is 1.57. The summed E-state index contributed by atoms with van der Waals surface area (Å²) in [7, 11) is 0. The Bertz CT molecular complexity index is 918. The van der Waals surface area contributed by atoms with E-state index in [0.717, 1.165) is 32.4 Å². The Labute approximate surface area is 244 Å². The van der Waals surface area contributed by atoms with Gasteiger partial charge in [-0.3, -0.25) is 19.3 Å². The number of rotatable bonds is 15. The van der Waals surface area contributed by atoms with Crippen LogP contribution in [0, 0.1) is 11.8 Å². The molecule has 4 aliphatic rings. The largest absolute Gasteiger partial charge is 0.465 e. The molecule has 4 aliphatic heterocycles. The molecular weight excluding hydrogens is 586 g/mol. The van der Waals surface area contributed by atoms with Gasteiger partial charge in [0.2, 0.25) is 11.8 Å². The van der Waals surface area contributed by atoms with E-state index in [2.05, 4.69) is 34.0 Å². The molecule has 0 aromatic heterocycles. The smallest absolute Gasteiger partial charge is 0.310 e. The van der Waals surface area contributed by atoms with Gasteiger partial charge in [-0.15, -0.1) is 24.9 Å². The van der Waals surface area contributed by atoms with Gasteiger partial charge in [0, 0.05) is 56.0 Å². The van der Waals surface area contributed by atoms with E-state index < -0.39 is 22.6 Å². The minimum absolute atomic E-state index is 0.000776. The number of carbonyl (C=O) groups excluding carboxylic acids is 3. The zero-order valence-electron chi connectivity index (χ0n) is 22.7. The quantitative estimate of drug-likeness (QED) is 0.128. The van der Waals surface area contributed by atoms with Gasteiger partial charge >= 0.3 is 5.97 Å². The van der Waals surface area contributed by atoms with Crippen molar-refractivity contribution in [2.24, 2.45) is 11.8 Å². The average Bonchev–Trinajstić information content (AvgIpc) is 3.53. The molecule has 0 aromatic rings. The van der Waals surface area contributed by atoms with Crippen LogP contribution in [0.5, 0.6) is 0 Å². The molecule has 1 N–H and O–H groups in total. The van der Waals surface area contributed by atoms with Gasteiger partial charge in [0.25, 0.3) is 0 Å². The van der Waals surface area contributed by atoms with Crippen LogP contribution in [0.3, 0.4) is 0 Å². The molecule has 0 aliphatic carbocycles. The van der Waals surface area contributed by atoms with E-state index in [4.69, 9.17) is 9.47 Å². The SMILES string of the molecule is C=CCCCCOC(=O)[C@H]1[C@H]2C(=O)N(CCCO)C(C(=O)N(CC=C)CCN3CCOCC3)C23CC(Br)[C@@H]1S3. The van der Waals surface area contributed by atoms with Gasteiger partial charge in [-0.2, -0.15) is 0 Å². The highest BCUT2D eigenvalue weighted by Crippen LogP contribution is 2.68. The van der Waals surface area contributed by atoms with Crippen LogP contribution in [0.2, 0.25) is 0 Å². The Hall–Kier alpha value is -1.40. The third-order valence-corrected chi connectivity index (χ3v) is 11.6. The van der Waals surface area contributed by atoms with Gasteiger partial charge in [-0.1, -0.05) is 28.1 Å². The zero-order valence-corrected chi connectivity index (χ0v) is 25.1. The maximum Gasteiger partial charge on any atom is 0.310 e. The number of hydrogen-bond acceptors (Lipinski definition) is 8. The first-order valence-corrected chi connectivity index (χ1v) is 15.9. The molecule has 218 valence electrons. The third-order valence-electron chi connectivity index (χ3n) is 8.35. The van der Waals surface area contributed by atoms with Crippen LogP contribution in [0.25, 0.3) is 0 Å². The summed E-state index contributed by atoms with van der Waals surface area (Å²) in [6.45, 7) is 12.7. The molecule has 2 amide bonds. The molecule has 0 aromatic carbocycles. The number of allylic oxidation sites excluding steroid dienone is 1. The number of ether oxygens (including phenoxy) is 2. The highest BCUT2D eigenvalue weighted by molar-refractivity contribution is 9.09. The number of hydrogen-bond donors (Lipinski definition) is 1. The second-order valence-corrected chi connectivity index (χ2v) is 13.5. The molecular formula is C28H42BrN3O6S. The molecule has 11 heteroatoms. The predicted molar refractivity (Wildman–Crippen MR) is 155 cm³/mol.